The number of aromatic nitrogens is 2. The summed E-state index contributed by atoms with van der Waals surface area (Å²) in [7, 11) is 0. The van der Waals surface area contributed by atoms with E-state index in [0.29, 0.717) is 24.1 Å². The molecule has 1 aromatic rings. The van der Waals surface area contributed by atoms with Gasteiger partial charge in [-0.25, -0.2) is 0 Å². The lowest BCUT2D eigenvalue weighted by Gasteiger charge is -2.27. The molecule has 1 saturated heterocycles. The number of nitrogens with one attached hydrogen (secondary N) is 1. The van der Waals surface area contributed by atoms with Crippen LogP contribution in [0.5, 0.6) is 0 Å². The van der Waals surface area contributed by atoms with Gasteiger partial charge in [0.15, 0.2) is 0 Å². The van der Waals surface area contributed by atoms with E-state index in [-0.39, 0.29) is 12.0 Å². The first kappa shape index (κ1) is 18.4. The summed E-state index contributed by atoms with van der Waals surface area (Å²) in [6, 6.07) is 0.336. The molecule has 1 aliphatic carbocycles. The minimum Gasteiger partial charge on any atom is -0.393 e. The normalized spacial score (nSPS) is 25.0. The number of aliphatic hydroxyl groups is 1. The molecule has 0 spiro atoms. The van der Waals surface area contributed by atoms with E-state index in [2.05, 4.69) is 10.4 Å². The number of carbonyl (C=O) groups excluding carboxylic acids is 1. The van der Waals surface area contributed by atoms with Gasteiger partial charge in [0.05, 0.1) is 23.9 Å². The molecule has 1 amide bonds. The number of hydrogen-bond donors (Lipinski definition) is 2. The third-order valence-corrected chi connectivity index (χ3v) is 5.73. The molecule has 140 valence electrons. The van der Waals surface area contributed by atoms with Gasteiger partial charge >= 0.3 is 0 Å². The Morgan fingerprint density at radius 2 is 2.08 bits per heavy atom. The molecule has 25 heavy (non-hydrogen) atoms. The van der Waals surface area contributed by atoms with Gasteiger partial charge in [-0.2, -0.15) is 5.10 Å². The van der Waals surface area contributed by atoms with Crippen molar-refractivity contribution in [2.45, 2.75) is 70.4 Å². The number of carbonyl (C=O) groups is 1. The standard InChI is InChI=1S/C19H31N3O3/c1-14-17(13-21-22(14)16-8-11-25-12-9-16)19(24)20-10-4-6-15-5-2-3-7-18(15)23/h13,15-16,18,23H,2-12H2,1H3,(H,20,24). The number of rotatable bonds is 6. The highest BCUT2D eigenvalue weighted by molar-refractivity contribution is 5.95. The van der Waals surface area contributed by atoms with E-state index in [1.807, 2.05) is 11.6 Å². The highest BCUT2D eigenvalue weighted by atomic mass is 16.5. The molecular weight excluding hydrogens is 318 g/mol. The second kappa shape index (κ2) is 8.81. The minimum atomic E-state index is -0.149. The van der Waals surface area contributed by atoms with E-state index in [9.17, 15) is 9.90 Å². The summed E-state index contributed by atoms with van der Waals surface area (Å²) in [5.74, 6) is 0.365. The van der Waals surface area contributed by atoms with Gasteiger partial charge in [0.25, 0.3) is 5.91 Å². The Morgan fingerprint density at radius 3 is 2.84 bits per heavy atom. The van der Waals surface area contributed by atoms with Crippen molar-refractivity contribution >= 4 is 5.91 Å². The van der Waals surface area contributed by atoms with Crippen molar-refractivity contribution in [2.24, 2.45) is 5.92 Å². The van der Waals surface area contributed by atoms with E-state index < -0.39 is 0 Å². The SMILES string of the molecule is Cc1c(C(=O)NCCCC2CCCCC2O)cnn1C1CCOCC1. The summed E-state index contributed by atoms with van der Waals surface area (Å²) in [4.78, 5) is 12.4. The zero-order chi connectivity index (χ0) is 17.6. The van der Waals surface area contributed by atoms with Gasteiger partial charge in [-0.1, -0.05) is 12.8 Å². The summed E-state index contributed by atoms with van der Waals surface area (Å²) in [6.45, 7) is 4.15. The maximum absolute atomic E-state index is 12.4. The molecule has 2 aliphatic rings. The van der Waals surface area contributed by atoms with Gasteiger partial charge < -0.3 is 15.2 Å². The molecular formula is C19H31N3O3. The van der Waals surface area contributed by atoms with Crippen LogP contribution in [0.15, 0.2) is 6.20 Å². The monoisotopic (exact) mass is 349 g/mol. The van der Waals surface area contributed by atoms with Crippen LogP contribution in [-0.4, -0.2) is 46.7 Å². The molecule has 2 fully saturated rings. The summed E-state index contributed by atoms with van der Waals surface area (Å²) in [6.07, 6.45) is 9.76. The lowest BCUT2D eigenvalue weighted by molar-refractivity contribution is 0.0641. The fourth-order valence-corrected chi connectivity index (χ4v) is 4.13. The van der Waals surface area contributed by atoms with Crippen LogP contribution in [0, 0.1) is 12.8 Å². The fourth-order valence-electron chi connectivity index (χ4n) is 4.13. The molecule has 2 heterocycles. The molecule has 0 radical (unpaired) electrons. The summed E-state index contributed by atoms with van der Waals surface area (Å²) in [5.41, 5.74) is 1.61. The Bertz CT molecular complexity index is 566. The third kappa shape index (κ3) is 4.61. The van der Waals surface area contributed by atoms with Crippen molar-refractivity contribution in [2.75, 3.05) is 19.8 Å². The van der Waals surface area contributed by atoms with Crippen LogP contribution < -0.4 is 5.32 Å². The van der Waals surface area contributed by atoms with E-state index >= 15 is 0 Å². The topological polar surface area (TPSA) is 76.4 Å². The first-order valence-electron chi connectivity index (χ1n) is 9.75. The number of amides is 1. The zero-order valence-electron chi connectivity index (χ0n) is 15.2. The second-order valence-electron chi connectivity index (χ2n) is 7.44. The Labute approximate surface area is 149 Å². The predicted octanol–water partition coefficient (Wildman–Crippen LogP) is 2.60. The predicted molar refractivity (Wildman–Crippen MR) is 95.6 cm³/mol. The Balaban J connectivity index is 1.46. The third-order valence-electron chi connectivity index (χ3n) is 5.73. The lowest BCUT2D eigenvalue weighted by Crippen LogP contribution is -2.28. The average Bonchev–Trinajstić information content (AvgIpc) is 3.02. The van der Waals surface area contributed by atoms with E-state index in [1.165, 1.54) is 6.42 Å². The van der Waals surface area contributed by atoms with Crippen LogP contribution in [0.3, 0.4) is 0 Å². The highest BCUT2D eigenvalue weighted by Gasteiger charge is 2.23. The molecule has 3 rings (SSSR count). The molecule has 1 aromatic heterocycles. The van der Waals surface area contributed by atoms with Crippen molar-refractivity contribution in [3.63, 3.8) is 0 Å². The van der Waals surface area contributed by atoms with Crippen LogP contribution in [0.25, 0.3) is 0 Å². The molecule has 6 nitrogen and oxygen atoms in total. The maximum atomic E-state index is 12.4. The summed E-state index contributed by atoms with van der Waals surface area (Å²) in [5, 5.41) is 17.5. The van der Waals surface area contributed by atoms with E-state index in [1.54, 1.807) is 6.20 Å². The van der Waals surface area contributed by atoms with Crippen LogP contribution in [0.4, 0.5) is 0 Å². The minimum absolute atomic E-state index is 0.0417. The van der Waals surface area contributed by atoms with Crippen LogP contribution in [0.1, 0.15) is 73.5 Å². The fraction of sp³-hybridized carbons (Fsp3) is 0.789. The lowest BCUT2D eigenvalue weighted by atomic mass is 9.83. The molecule has 6 heteroatoms. The molecule has 2 N–H and O–H groups in total. The van der Waals surface area contributed by atoms with Gasteiger partial charge in [-0.3, -0.25) is 9.48 Å². The average molecular weight is 349 g/mol. The number of hydrogen-bond acceptors (Lipinski definition) is 4. The molecule has 0 bridgehead atoms. The van der Waals surface area contributed by atoms with E-state index in [0.717, 1.165) is 63.9 Å². The second-order valence-corrected chi connectivity index (χ2v) is 7.44. The number of nitrogens with zero attached hydrogens (tertiary/aromatic N) is 2. The van der Waals surface area contributed by atoms with Crippen LogP contribution in [0.2, 0.25) is 0 Å². The van der Waals surface area contributed by atoms with Gasteiger partial charge in [-0.05, 0) is 51.4 Å². The van der Waals surface area contributed by atoms with Crippen molar-refractivity contribution in [3.05, 3.63) is 17.5 Å². The van der Waals surface area contributed by atoms with Crippen molar-refractivity contribution in [1.29, 1.82) is 0 Å². The van der Waals surface area contributed by atoms with Gasteiger partial charge in [0.1, 0.15) is 0 Å². The van der Waals surface area contributed by atoms with Crippen LogP contribution >= 0.6 is 0 Å². The number of aliphatic hydroxyl groups excluding tert-OH is 1. The Kier molecular flexibility index (Phi) is 6.48. The molecule has 1 aliphatic heterocycles. The molecule has 0 aromatic carbocycles. The van der Waals surface area contributed by atoms with Crippen LogP contribution in [-0.2, 0) is 4.74 Å². The summed E-state index contributed by atoms with van der Waals surface area (Å²) < 4.78 is 7.38. The molecule has 2 atom stereocenters. The first-order valence-corrected chi connectivity index (χ1v) is 9.75. The van der Waals surface area contributed by atoms with E-state index in [4.69, 9.17) is 4.74 Å². The maximum Gasteiger partial charge on any atom is 0.254 e. The van der Waals surface area contributed by atoms with Crippen molar-refractivity contribution < 1.29 is 14.6 Å². The summed E-state index contributed by atoms with van der Waals surface area (Å²) >= 11 is 0. The molecule has 2 unspecified atom stereocenters. The largest absolute Gasteiger partial charge is 0.393 e. The smallest absolute Gasteiger partial charge is 0.254 e. The van der Waals surface area contributed by atoms with Gasteiger partial charge in [0, 0.05) is 25.5 Å². The van der Waals surface area contributed by atoms with Crippen molar-refractivity contribution in [3.8, 4) is 0 Å². The quantitative estimate of drug-likeness (QED) is 0.774. The Hall–Kier alpha value is -1.40. The number of ether oxygens (including phenoxy) is 1. The van der Waals surface area contributed by atoms with Gasteiger partial charge in [-0.15, -0.1) is 0 Å². The first-order chi connectivity index (χ1) is 12.2. The molecule has 1 saturated carbocycles. The van der Waals surface area contributed by atoms with Crippen molar-refractivity contribution in [1.82, 2.24) is 15.1 Å². The zero-order valence-corrected chi connectivity index (χ0v) is 15.2. The highest BCUT2D eigenvalue weighted by Crippen LogP contribution is 2.27. The van der Waals surface area contributed by atoms with Gasteiger partial charge in [0.2, 0.25) is 0 Å². The Morgan fingerprint density at radius 1 is 1.32 bits per heavy atom.